The van der Waals surface area contributed by atoms with Gasteiger partial charge in [-0.15, -0.1) is 0 Å². The first-order chi connectivity index (χ1) is 11.4. The molecule has 5 heteroatoms. The third kappa shape index (κ3) is 4.81. The lowest BCUT2D eigenvalue weighted by molar-refractivity contribution is -0.131. The Balaban J connectivity index is 2.00. The number of nitrogens with zero attached hydrogens (tertiary/aromatic N) is 1. The highest BCUT2D eigenvalue weighted by Gasteiger charge is 2.25. The maximum absolute atomic E-state index is 12.5. The van der Waals surface area contributed by atoms with Crippen molar-refractivity contribution in [3.8, 4) is 0 Å². The van der Waals surface area contributed by atoms with E-state index in [0.29, 0.717) is 17.2 Å². The third-order valence-corrected chi connectivity index (χ3v) is 4.48. The second kappa shape index (κ2) is 8.29. The molecule has 0 bridgehead atoms. The first kappa shape index (κ1) is 18.5. The van der Waals surface area contributed by atoms with Crippen LogP contribution in [0.4, 0.5) is 5.69 Å². The predicted molar refractivity (Wildman–Crippen MR) is 95.1 cm³/mol. The van der Waals surface area contributed by atoms with Crippen molar-refractivity contribution in [1.29, 1.82) is 0 Å². The highest BCUT2D eigenvalue weighted by Crippen LogP contribution is 2.26. The number of para-hydroxylation sites is 1. The van der Waals surface area contributed by atoms with Gasteiger partial charge >= 0.3 is 0 Å². The molecule has 1 N–H and O–H groups in total. The zero-order chi connectivity index (χ0) is 17.7. The lowest BCUT2D eigenvalue weighted by Gasteiger charge is -2.29. The van der Waals surface area contributed by atoms with Crippen LogP contribution in [0, 0.1) is 5.92 Å². The lowest BCUT2D eigenvalue weighted by Crippen LogP contribution is -2.34. The molecule has 1 aromatic carbocycles. The van der Waals surface area contributed by atoms with Crippen LogP contribution in [0.1, 0.15) is 49.9 Å². The summed E-state index contributed by atoms with van der Waals surface area (Å²) in [5, 5.41) is 2.84. The topological polar surface area (TPSA) is 58.6 Å². The smallest absolute Gasteiger partial charge is 0.255 e. The third-order valence-electron chi connectivity index (χ3n) is 4.48. The molecule has 1 saturated carbocycles. The van der Waals surface area contributed by atoms with Crippen molar-refractivity contribution >= 4 is 17.5 Å². The summed E-state index contributed by atoms with van der Waals surface area (Å²) in [5.41, 5.74) is 1.00. The Hall–Kier alpha value is -1.88. The van der Waals surface area contributed by atoms with Gasteiger partial charge in [-0.3, -0.25) is 9.59 Å². The fraction of sp³-hybridized carbons (Fsp3) is 0.579. The maximum atomic E-state index is 12.5. The Morgan fingerprint density at radius 2 is 1.96 bits per heavy atom. The van der Waals surface area contributed by atoms with E-state index in [9.17, 15) is 9.59 Å². The summed E-state index contributed by atoms with van der Waals surface area (Å²) in [6.07, 6.45) is 4.02. The maximum Gasteiger partial charge on any atom is 0.255 e. The van der Waals surface area contributed by atoms with Gasteiger partial charge in [0.2, 0.25) is 0 Å². The lowest BCUT2D eigenvalue weighted by atomic mass is 9.88. The zero-order valence-electron chi connectivity index (χ0n) is 15.0. The van der Waals surface area contributed by atoms with Gasteiger partial charge < -0.3 is 15.0 Å². The van der Waals surface area contributed by atoms with Crippen LogP contribution in [0.15, 0.2) is 24.3 Å². The van der Waals surface area contributed by atoms with Gasteiger partial charge in [0.05, 0.1) is 17.4 Å². The molecule has 1 aromatic rings. The average molecular weight is 332 g/mol. The van der Waals surface area contributed by atoms with Gasteiger partial charge in [-0.1, -0.05) is 31.9 Å². The van der Waals surface area contributed by atoms with E-state index in [2.05, 4.69) is 12.2 Å². The van der Waals surface area contributed by atoms with E-state index in [1.807, 2.05) is 0 Å². The summed E-state index contributed by atoms with van der Waals surface area (Å²) in [5.74, 6) is 0.297. The summed E-state index contributed by atoms with van der Waals surface area (Å²) in [6, 6.07) is 7.04. The molecule has 0 radical (unpaired) electrons. The number of benzene rings is 1. The summed E-state index contributed by atoms with van der Waals surface area (Å²) in [6.45, 7) is 3.99. The van der Waals surface area contributed by atoms with Gasteiger partial charge in [0.25, 0.3) is 11.8 Å². The molecule has 0 aliphatic heterocycles. The molecular weight excluding hydrogens is 304 g/mol. The minimum Gasteiger partial charge on any atom is -0.365 e. The summed E-state index contributed by atoms with van der Waals surface area (Å²) in [4.78, 5) is 26.2. The zero-order valence-corrected chi connectivity index (χ0v) is 15.0. The fourth-order valence-electron chi connectivity index (χ4n) is 3.11. The second-order valence-electron chi connectivity index (χ2n) is 6.91. The molecule has 2 amide bonds. The molecule has 1 aliphatic rings. The number of amides is 2. The molecule has 5 nitrogen and oxygen atoms in total. The molecule has 132 valence electrons. The van der Waals surface area contributed by atoms with Gasteiger partial charge in [-0.2, -0.15) is 0 Å². The molecule has 3 atom stereocenters. The SMILES string of the molecule is C[C@@H]1CCC[C@H](O[C@@H](C)C(=O)Nc2ccccc2C(=O)N(C)C)C1. The van der Waals surface area contributed by atoms with Crippen LogP contribution in [0.2, 0.25) is 0 Å². The molecule has 1 aliphatic carbocycles. The van der Waals surface area contributed by atoms with E-state index in [-0.39, 0.29) is 17.9 Å². The highest BCUT2D eigenvalue weighted by atomic mass is 16.5. The van der Waals surface area contributed by atoms with Crippen molar-refractivity contribution in [2.45, 2.75) is 51.7 Å². The molecular formula is C19H28N2O3. The van der Waals surface area contributed by atoms with Gasteiger partial charge in [-0.05, 0) is 37.8 Å². The van der Waals surface area contributed by atoms with Crippen LogP contribution in [0.25, 0.3) is 0 Å². The summed E-state index contributed by atoms with van der Waals surface area (Å²) >= 11 is 0. The van der Waals surface area contributed by atoms with Crippen molar-refractivity contribution < 1.29 is 14.3 Å². The standard InChI is InChI=1S/C19H28N2O3/c1-13-8-7-9-15(12-13)24-14(2)18(22)20-17-11-6-5-10-16(17)19(23)21(3)4/h5-6,10-11,13-15H,7-9,12H2,1-4H3,(H,20,22)/t13-,14+,15+/m1/s1. The molecule has 0 heterocycles. The summed E-state index contributed by atoms with van der Waals surface area (Å²) < 4.78 is 5.94. The van der Waals surface area contributed by atoms with Crippen LogP contribution in [0.5, 0.6) is 0 Å². The summed E-state index contributed by atoms with van der Waals surface area (Å²) in [7, 11) is 3.38. The minimum absolute atomic E-state index is 0.138. The van der Waals surface area contributed by atoms with E-state index in [0.717, 1.165) is 19.3 Å². The Kier molecular flexibility index (Phi) is 6.37. The van der Waals surface area contributed by atoms with Crippen molar-refractivity contribution in [1.82, 2.24) is 4.90 Å². The van der Waals surface area contributed by atoms with Crippen LogP contribution < -0.4 is 5.32 Å². The van der Waals surface area contributed by atoms with Crippen molar-refractivity contribution in [3.63, 3.8) is 0 Å². The van der Waals surface area contributed by atoms with Crippen LogP contribution in [0.3, 0.4) is 0 Å². The van der Waals surface area contributed by atoms with Gasteiger partial charge in [0.1, 0.15) is 6.10 Å². The number of hydrogen-bond donors (Lipinski definition) is 1. The van der Waals surface area contributed by atoms with Crippen molar-refractivity contribution in [2.24, 2.45) is 5.92 Å². The molecule has 0 unspecified atom stereocenters. The molecule has 24 heavy (non-hydrogen) atoms. The van der Waals surface area contributed by atoms with Gasteiger partial charge in [0, 0.05) is 14.1 Å². The Morgan fingerprint density at radius 3 is 2.62 bits per heavy atom. The minimum atomic E-state index is -0.539. The quantitative estimate of drug-likeness (QED) is 0.900. The normalized spacial score (nSPS) is 21.8. The number of anilines is 1. The van der Waals surface area contributed by atoms with E-state index < -0.39 is 6.10 Å². The second-order valence-corrected chi connectivity index (χ2v) is 6.91. The van der Waals surface area contributed by atoms with Crippen molar-refractivity contribution in [2.75, 3.05) is 19.4 Å². The Labute approximate surface area is 144 Å². The number of carbonyl (C=O) groups is 2. The molecule has 0 aromatic heterocycles. The van der Waals surface area contributed by atoms with Crippen molar-refractivity contribution in [3.05, 3.63) is 29.8 Å². The molecule has 0 spiro atoms. The highest BCUT2D eigenvalue weighted by molar-refractivity contribution is 6.04. The molecule has 0 saturated heterocycles. The van der Waals surface area contributed by atoms with Gasteiger partial charge in [0.15, 0.2) is 0 Å². The van der Waals surface area contributed by atoms with Crippen LogP contribution in [-0.2, 0) is 9.53 Å². The number of rotatable bonds is 5. The fourth-order valence-corrected chi connectivity index (χ4v) is 3.11. The first-order valence-electron chi connectivity index (χ1n) is 8.65. The van der Waals surface area contributed by atoms with Crippen LogP contribution in [-0.4, -0.2) is 43.0 Å². The number of carbonyl (C=O) groups excluding carboxylic acids is 2. The molecule has 1 fully saturated rings. The van der Waals surface area contributed by atoms with Crippen LogP contribution >= 0.6 is 0 Å². The Bertz CT molecular complexity index is 586. The van der Waals surface area contributed by atoms with E-state index in [1.165, 1.54) is 11.3 Å². The van der Waals surface area contributed by atoms with Gasteiger partial charge in [-0.25, -0.2) is 0 Å². The number of ether oxygens (including phenoxy) is 1. The number of hydrogen-bond acceptors (Lipinski definition) is 3. The average Bonchev–Trinajstić information content (AvgIpc) is 2.54. The Morgan fingerprint density at radius 1 is 1.25 bits per heavy atom. The van der Waals surface area contributed by atoms with E-state index >= 15 is 0 Å². The number of nitrogens with one attached hydrogen (secondary N) is 1. The largest absolute Gasteiger partial charge is 0.365 e. The first-order valence-corrected chi connectivity index (χ1v) is 8.65. The predicted octanol–water partition coefficient (Wildman–Crippen LogP) is 3.31. The molecule has 2 rings (SSSR count). The monoisotopic (exact) mass is 332 g/mol. The van der Waals surface area contributed by atoms with E-state index in [4.69, 9.17) is 4.74 Å². The van der Waals surface area contributed by atoms with E-state index in [1.54, 1.807) is 45.3 Å².